The predicted molar refractivity (Wildman–Crippen MR) is 57.6 cm³/mol. The quantitative estimate of drug-likeness (QED) is 0.670. The lowest BCUT2D eigenvalue weighted by Gasteiger charge is -2.30. The number of carbonyl (C=O) groups is 2. The lowest BCUT2D eigenvalue weighted by molar-refractivity contribution is -0.146. The number of carbonyl (C=O) groups excluding carboxylic acids is 1. The summed E-state index contributed by atoms with van der Waals surface area (Å²) in [5.41, 5.74) is -0.708. The SMILES string of the molecule is CCNC(C)(C)C(=O)N(CC)CC(=O)O. The van der Waals surface area contributed by atoms with Crippen molar-refractivity contribution < 1.29 is 14.7 Å². The number of hydrogen-bond acceptors (Lipinski definition) is 3. The number of nitrogens with one attached hydrogen (secondary N) is 1. The van der Waals surface area contributed by atoms with E-state index in [4.69, 9.17) is 5.11 Å². The average molecular weight is 216 g/mol. The van der Waals surface area contributed by atoms with Crippen LogP contribution >= 0.6 is 0 Å². The Balaban J connectivity index is 4.56. The van der Waals surface area contributed by atoms with Crippen LogP contribution in [0.2, 0.25) is 0 Å². The van der Waals surface area contributed by atoms with Crippen LogP contribution in [0.5, 0.6) is 0 Å². The second-order valence-electron chi connectivity index (χ2n) is 3.87. The summed E-state index contributed by atoms with van der Waals surface area (Å²) in [6, 6.07) is 0. The summed E-state index contributed by atoms with van der Waals surface area (Å²) in [6.45, 7) is 8.01. The van der Waals surface area contributed by atoms with Crippen LogP contribution in [0.25, 0.3) is 0 Å². The smallest absolute Gasteiger partial charge is 0.323 e. The highest BCUT2D eigenvalue weighted by atomic mass is 16.4. The van der Waals surface area contributed by atoms with E-state index in [1.807, 2.05) is 6.92 Å². The first-order valence-electron chi connectivity index (χ1n) is 5.11. The Morgan fingerprint density at radius 1 is 1.33 bits per heavy atom. The number of nitrogens with zero attached hydrogens (tertiary/aromatic N) is 1. The van der Waals surface area contributed by atoms with Gasteiger partial charge in [-0.15, -0.1) is 0 Å². The van der Waals surface area contributed by atoms with Crippen LogP contribution in [0, 0.1) is 0 Å². The number of hydrogen-bond donors (Lipinski definition) is 2. The van der Waals surface area contributed by atoms with Gasteiger partial charge in [0.05, 0.1) is 5.54 Å². The lowest BCUT2D eigenvalue weighted by atomic mass is 10.0. The molecule has 15 heavy (non-hydrogen) atoms. The molecule has 0 aromatic carbocycles. The van der Waals surface area contributed by atoms with Gasteiger partial charge >= 0.3 is 5.97 Å². The third-order valence-electron chi connectivity index (χ3n) is 2.15. The number of carboxylic acid groups (broad SMARTS) is 1. The molecule has 0 saturated carbocycles. The van der Waals surface area contributed by atoms with Crippen molar-refractivity contribution in [3.63, 3.8) is 0 Å². The van der Waals surface area contributed by atoms with Crippen LogP contribution in [0.4, 0.5) is 0 Å². The van der Waals surface area contributed by atoms with Crippen LogP contribution in [-0.2, 0) is 9.59 Å². The van der Waals surface area contributed by atoms with E-state index in [0.29, 0.717) is 13.1 Å². The Hall–Kier alpha value is -1.10. The number of amides is 1. The van der Waals surface area contributed by atoms with Crippen molar-refractivity contribution in [1.82, 2.24) is 10.2 Å². The lowest BCUT2D eigenvalue weighted by Crippen LogP contribution is -2.54. The first-order valence-corrected chi connectivity index (χ1v) is 5.11. The third kappa shape index (κ3) is 4.29. The standard InChI is InChI=1S/C10H20N2O3/c1-5-11-10(3,4)9(15)12(6-2)7-8(13)14/h11H,5-7H2,1-4H3,(H,13,14). The Labute approximate surface area is 90.5 Å². The molecule has 0 aliphatic heterocycles. The van der Waals surface area contributed by atoms with Crippen molar-refractivity contribution >= 4 is 11.9 Å². The highest BCUT2D eigenvalue weighted by Gasteiger charge is 2.31. The second-order valence-corrected chi connectivity index (χ2v) is 3.87. The van der Waals surface area contributed by atoms with Crippen molar-refractivity contribution in [1.29, 1.82) is 0 Å². The summed E-state index contributed by atoms with van der Waals surface area (Å²) < 4.78 is 0. The van der Waals surface area contributed by atoms with Crippen LogP contribution in [0.1, 0.15) is 27.7 Å². The van der Waals surface area contributed by atoms with E-state index in [9.17, 15) is 9.59 Å². The Morgan fingerprint density at radius 2 is 1.87 bits per heavy atom. The third-order valence-corrected chi connectivity index (χ3v) is 2.15. The van der Waals surface area contributed by atoms with Crippen molar-refractivity contribution in [3.05, 3.63) is 0 Å². The summed E-state index contributed by atoms with van der Waals surface area (Å²) in [5.74, 6) is -1.17. The van der Waals surface area contributed by atoms with E-state index in [1.165, 1.54) is 4.90 Å². The molecule has 0 aliphatic carbocycles. The molecule has 0 fully saturated rings. The minimum absolute atomic E-state index is 0.186. The molecular formula is C10H20N2O3. The van der Waals surface area contributed by atoms with Gasteiger partial charge in [0.1, 0.15) is 6.54 Å². The molecule has 0 aliphatic rings. The minimum atomic E-state index is -0.988. The molecule has 0 rings (SSSR count). The first-order chi connectivity index (χ1) is 6.85. The molecule has 0 aromatic rings. The molecule has 0 bridgehead atoms. The normalized spacial score (nSPS) is 11.2. The highest BCUT2D eigenvalue weighted by Crippen LogP contribution is 2.07. The summed E-state index contributed by atoms with van der Waals surface area (Å²) in [5, 5.41) is 11.7. The van der Waals surface area contributed by atoms with Crippen LogP contribution < -0.4 is 5.32 Å². The molecule has 1 amide bonds. The van der Waals surface area contributed by atoms with Gasteiger partial charge in [0.2, 0.25) is 5.91 Å². The molecule has 88 valence electrons. The first kappa shape index (κ1) is 13.9. The minimum Gasteiger partial charge on any atom is -0.480 e. The van der Waals surface area contributed by atoms with E-state index in [0.717, 1.165) is 0 Å². The second kappa shape index (κ2) is 5.70. The van der Waals surface area contributed by atoms with E-state index in [1.54, 1.807) is 20.8 Å². The van der Waals surface area contributed by atoms with Gasteiger partial charge < -0.3 is 15.3 Å². The molecule has 0 atom stereocenters. The fourth-order valence-corrected chi connectivity index (χ4v) is 1.40. The molecule has 5 nitrogen and oxygen atoms in total. The predicted octanol–water partition coefficient (Wildman–Crippen LogP) is 0.308. The average Bonchev–Trinajstić information content (AvgIpc) is 2.12. The van der Waals surface area contributed by atoms with Gasteiger partial charge in [0, 0.05) is 6.54 Å². The van der Waals surface area contributed by atoms with Gasteiger partial charge in [0.25, 0.3) is 0 Å². The molecule has 0 heterocycles. The maximum Gasteiger partial charge on any atom is 0.323 e. The maximum atomic E-state index is 11.9. The molecule has 0 saturated heterocycles. The molecule has 0 aromatic heterocycles. The van der Waals surface area contributed by atoms with Crippen LogP contribution in [0.15, 0.2) is 0 Å². The number of carboxylic acids is 1. The van der Waals surface area contributed by atoms with E-state index in [-0.39, 0.29) is 12.5 Å². The van der Waals surface area contributed by atoms with Gasteiger partial charge in [-0.05, 0) is 27.3 Å². The fourth-order valence-electron chi connectivity index (χ4n) is 1.40. The molecule has 0 unspecified atom stereocenters. The van der Waals surface area contributed by atoms with Gasteiger partial charge in [-0.1, -0.05) is 6.92 Å². The van der Waals surface area contributed by atoms with Crippen LogP contribution in [0.3, 0.4) is 0 Å². The van der Waals surface area contributed by atoms with Crippen molar-refractivity contribution in [2.45, 2.75) is 33.2 Å². The van der Waals surface area contributed by atoms with Gasteiger partial charge in [-0.25, -0.2) is 0 Å². The molecule has 2 N–H and O–H groups in total. The monoisotopic (exact) mass is 216 g/mol. The Kier molecular flexibility index (Phi) is 5.28. The zero-order valence-electron chi connectivity index (χ0n) is 9.83. The fraction of sp³-hybridized carbons (Fsp3) is 0.800. The van der Waals surface area contributed by atoms with Gasteiger partial charge in [-0.2, -0.15) is 0 Å². The van der Waals surface area contributed by atoms with Crippen molar-refractivity contribution in [2.24, 2.45) is 0 Å². The molecule has 0 radical (unpaired) electrons. The highest BCUT2D eigenvalue weighted by molar-refractivity contribution is 5.88. The molecule has 0 spiro atoms. The van der Waals surface area contributed by atoms with E-state index < -0.39 is 11.5 Å². The zero-order chi connectivity index (χ0) is 12.1. The Bertz CT molecular complexity index is 239. The number of rotatable bonds is 6. The molecular weight excluding hydrogens is 196 g/mol. The van der Waals surface area contributed by atoms with Gasteiger partial charge in [-0.3, -0.25) is 9.59 Å². The largest absolute Gasteiger partial charge is 0.480 e. The van der Waals surface area contributed by atoms with Crippen molar-refractivity contribution in [2.75, 3.05) is 19.6 Å². The molecule has 5 heteroatoms. The summed E-state index contributed by atoms with van der Waals surface area (Å²) in [4.78, 5) is 23.8. The topological polar surface area (TPSA) is 69.6 Å². The van der Waals surface area contributed by atoms with Crippen molar-refractivity contribution in [3.8, 4) is 0 Å². The zero-order valence-corrected chi connectivity index (χ0v) is 9.83. The number of aliphatic carboxylic acids is 1. The van der Waals surface area contributed by atoms with Crippen LogP contribution in [-0.4, -0.2) is 47.1 Å². The van der Waals surface area contributed by atoms with E-state index in [2.05, 4.69) is 5.32 Å². The van der Waals surface area contributed by atoms with E-state index >= 15 is 0 Å². The van der Waals surface area contributed by atoms with Gasteiger partial charge in [0.15, 0.2) is 0 Å². The Morgan fingerprint density at radius 3 is 2.20 bits per heavy atom. The summed E-state index contributed by atoms with van der Waals surface area (Å²) in [6.07, 6.45) is 0. The maximum absolute atomic E-state index is 11.9. The number of likely N-dealkylation sites (N-methyl/N-ethyl adjacent to an activating group) is 2. The summed E-state index contributed by atoms with van der Waals surface area (Å²) in [7, 11) is 0. The summed E-state index contributed by atoms with van der Waals surface area (Å²) >= 11 is 0.